The monoisotopic (exact) mass is 419 g/mol. The molecule has 2 aromatic carbocycles. The number of sulfone groups is 1. The average molecular weight is 420 g/mol. The fourth-order valence-electron chi connectivity index (χ4n) is 3.12. The van der Waals surface area contributed by atoms with Crippen molar-refractivity contribution < 1.29 is 17.6 Å². The Morgan fingerprint density at radius 1 is 1.14 bits per heavy atom. The molecule has 2 atom stereocenters. The number of hydrogen-bond donors (Lipinski definition) is 2. The van der Waals surface area contributed by atoms with Gasteiger partial charge in [-0.25, -0.2) is 12.8 Å². The van der Waals surface area contributed by atoms with Crippen molar-refractivity contribution in [2.24, 2.45) is 4.99 Å². The fraction of sp³-hybridized carbons (Fsp3) is 0.263. The van der Waals surface area contributed by atoms with Gasteiger partial charge in [0.1, 0.15) is 5.82 Å². The molecule has 1 fully saturated rings. The molecule has 4 rings (SSSR count). The molecule has 2 aliphatic rings. The Hall–Kier alpha value is -2.39. The van der Waals surface area contributed by atoms with Crippen molar-refractivity contribution in [3.8, 4) is 0 Å². The van der Waals surface area contributed by atoms with Crippen LogP contribution >= 0.6 is 11.8 Å². The zero-order chi connectivity index (χ0) is 19.9. The number of anilines is 2. The highest BCUT2D eigenvalue weighted by molar-refractivity contribution is 8.15. The first kappa shape index (κ1) is 18.9. The summed E-state index contributed by atoms with van der Waals surface area (Å²) in [5, 5.41) is 6.50. The third kappa shape index (κ3) is 4.05. The van der Waals surface area contributed by atoms with Gasteiger partial charge in [0.2, 0.25) is 0 Å². The summed E-state index contributed by atoms with van der Waals surface area (Å²) in [6.07, 6.45) is 0. The predicted molar refractivity (Wildman–Crippen MR) is 110 cm³/mol. The zero-order valence-electron chi connectivity index (χ0n) is 15.0. The maximum absolute atomic E-state index is 13.6. The predicted octanol–water partition coefficient (Wildman–Crippen LogP) is 3.07. The molecule has 0 radical (unpaired) electrons. The summed E-state index contributed by atoms with van der Waals surface area (Å²) >= 11 is 1.44. The van der Waals surface area contributed by atoms with Gasteiger partial charge in [-0.3, -0.25) is 9.79 Å². The van der Waals surface area contributed by atoms with E-state index in [1.165, 1.54) is 17.8 Å². The maximum Gasteiger partial charge on any atom is 0.255 e. The summed E-state index contributed by atoms with van der Waals surface area (Å²) < 4.78 is 36.8. The third-order valence-electron chi connectivity index (χ3n) is 4.65. The Balaban J connectivity index is 1.39. The van der Waals surface area contributed by atoms with Crippen LogP contribution in [0.15, 0.2) is 47.5 Å². The SMILES string of the molecule is Cc1ccc(NC(=O)c2ccc(NC3=N[C@@H]4CS(=O)(=O)C[C@@H]4S3)cc2)cc1F. The van der Waals surface area contributed by atoms with Crippen molar-refractivity contribution in [3.05, 3.63) is 59.4 Å². The minimum Gasteiger partial charge on any atom is -0.335 e. The second-order valence-electron chi connectivity index (χ2n) is 6.86. The molecule has 0 unspecified atom stereocenters. The number of nitrogens with zero attached hydrogens (tertiary/aromatic N) is 1. The first-order valence-corrected chi connectivity index (χ1v) is 11.4. The van der Waals surface area contributed by atoms with Crippen LogP contribution in [0.5, 0.6) is 0 Å². The number of thioether (sulfide) groups is 1. The molecule has 0 aliphatic carbocycles. The first-order valence-electron chi connectivity index (χ1n) is 8.68. The van der Waals surface area contributed by atoms with Gasteiger partial charge in [0.15, 0.2) is 15.0 Å². The molecule has 2 heterocycles. The van der Waals surface area contributed by atoms with E-state index in [-0.39, 0.29) is 34.5 Å². The van der Waals surface area contributed by atoms with Crippen molar-refractivity contribution in [1.82, 2.24) is 0 Å². The van der Waals surface area contributed by atoms with Gasteiger partial charge in [0.05, 0.1) is 17.5 Å². The van der Waals surface area contributed by atoms with E-state index in [2.05, 4.69) is 15.6 Å². The van der Waals surface area contributed by atoms with Gasteiger partial charge in [-0.1, -0.05) is 17.8 Å². The lowest BCUT2D eigenvalue weighted by atomic mass is 10.1. The fourth-order valence-corrected chi connectivity index (χ4v) is 6.79. The molecular weight excluding hydrogens is 401 g/mol. The van der Waals surface area contributed by atoms with E-state index in [0.29, 0.717) is 22.0 Å². The number of nitrogens with one attached hydrogen (secondary N) is 2. The Morgan fingerprint density at radius 2 is 1.86 bits per heavy atom. The van der Waals surface area contributed by atoms with Gasteiger partial charge in [-0.2, -0.15) is 0 Å². The smallest absolute Gasteiger partial charge is 0.255 e. The Bertz CT molecular complexity index is 1070. The van der Waals surface area contributed by atoms with E-state index in [1.54, 1.807) is 43.3 Å². The highest BCUT2D eigenvalue weighted by atomic mass is 32.2. The van der Waals surface area contributed by atoms with E-state index in [9.17, 15) is 17.6 Å². The lowest BCUT2D eigenvalue weighted by molar-refractivity contribution is 0.102. The Kier molecular flexibility index (Phi) is 4.88. The number of aliphatic imine (C=N–C) groups is 1. The van der Waals surface area contributed by atoms with Crippen LogP contribution in [-0.4, -0.2) is 42.3 Å². The number of carbonyl (C=O) groups excluding carboxylic acids is 1. The largest absolute Gasteiger partial charge is 0.335 e. The number of carbonyl (C=O) groups is 1. The molecule has 1 amide bonds. The Morgan fingerprint density at radius 3 is 2.54 bits per heavy atom. The third-order valence-corrected chi connectivity index (χ3v) is 7.79. The number of hydrogen-bond acceptors (Lipinski definition) is 6. The molecule has 9 heteroatoms. The van der Waals surface area contributed by atoms with Crippen LogP contribution in [0.2, 0.25) is 0 Å². The summed E-state index contributed by atoms with van der Waals surface area (Å²) in [6.45, 7) is 1.66. The highest BCUT2D eigenvalue weighted by Gasteiger charge is 2.42. The van der Waals surface area contributed by atoms with Crippen molar-refractivity contribution in [1.29, 1.82) is 0 Å². The molecule has 0 spiro atoms. The molecule has 6 nitrogen and oxygen atoms in total. The molecule has 28 heavy (non-hydrogen) atoms. The minimum atomic E-state index is -2.97. The number of aryl methyl sites for hydroxylation is 1. The van der Waals surface area contributed by atoms with Gasteiger partial charge in [0.25, 0.3) is 5.91 Å². The molecule has 1 saturated heterocycles. The lowest BCUT2D eigenvalue weighted by Crippen LogP contribution is -2.13. The van der Waals surface area contributed by atoms with Gasteiger partial charge in [0, 0.05) is 22.2 Å². The van der Waals surface area contributed by atoms with Crippen LogP contribution < -0.4 is 10.6 Å². The van der Waals surface area contributed by atoms with E-state index < -0.39 is 9.84 Å². The van der Waals surface area contributed by atoms with E-state index >= 15 is 0 Å². The van der Waals surface area contributed by atoms with Gasteiger partial charge in [-0.15, -0.1) is 0 Å². The van der Waals surface area contributed by atoms with E-state index in [0.717, 1.165) is 5.69 Å². The number of amides is 1. The summed E-state index contributed by atoms with van der Waals surface area (Å²) in [4.78, 5) is 16.8. The quantitative estimate of drug-likeness (QED) is 0.798. The highest BCUT2D eigenvalue weighted by Crippen LogP contribution is 2.34. The van der Waals surface area contributed by atoms with Crippen LogP contribution in [0, 0.1) is 12.7 Å². The van der Waals surface area contributed by atoms with Crippen molar-refractivity contribution >= 4 is 44.0 Å². The average Bonchev–Trinajstić information content (AvgIpc) is 3.11. The molecule has 2 aliphatic heterocycles. The summed E-state index contributed by atoms with van der Waals surface area (Å²) in [6, 6.07) is 11.2. The number of rotatable bonds is 3. The van der Waals surface area contributed by atoms with Crippen LogP contribution in [0.25, 0.3) is 0 Å². The van der Waals surface area contributed by atoms with Gasteiger partial charge < -0.3 is 10.6 Å². The van der Waals surface area contributed by atoms with E-state index in [1.807, 2.05) is 0 Å². The second kappa shape index (κ2) is 7.21. The first-order chi connectivity index (χ1) is 13.3. The number of fused-ring (bicyclic) bond motifs is 1. The standard InChI is InChI=1S/C19H18FN3O3S2/c1-11-2-5-14(8-15(11)20)21-18(24)12-3-6-13(7-4-12)22-19-23-16-9-28(25,26)10-17(16)27-19/h2-8,16-17H,9-10H2,1H3,(H,21,24)(H,22,23)/t16-,17+/m1/s1. The van der Waals surface area contributed by atoms with Crippen LogP contribution in [0.4, 0.5) is 15.8 Å². The number of amidine groups is 1. The topological polar surface area (TPSA) is 87.6 Å². The van der Waals surface area contributed by atoms with Crippen LogP contribution in [0.3, 0.4) is 0 Å². The summed E-state index contributed by atoms with van der Waals surface area (Å²) in [5.41, 5.74) is 2.11. The van der Waals surface area contributed by atoms with Crippen LogP contribution in [-0.2, 0) is 9.84 Å². The molecule has 0 aromatic heterocycles. The summed E-state index contributed by atoms with van der Waals surface area (Å²) in [5.74, 6) is -0.434. The second-order valence-corrected chi connectivity index (χ2v) is 10.2. The van der Waals surface area contributed by atoms with Gasteiger partial charge in [-0.05, 0) is 48.9 Å². The van der Waals surface area contributed by atoms with E-state index in [4.69, 9.17) is 0 Å². The molecule has 2 aromatic rings. The minimum absolute atomic E-state index is 0.0209. The van der Waals surface area contributed by atoms with Crippen molar-refractivity contribution in [3.63, 3.8) is 0 Å². The maximum atomic E-state index is 13.6. The molecule has 2 N–H and O–H groups in total. The zero-order valence-corrected chi connectivity index (χ0v) is 16.6. The van der Waals surface area contributed by atoms with Crippen molar-refractivity contribution in [2.45, 2.75) is 18.2 Å². The lowest BCUT2D eigenvalue weighted by Gasteiger charge is -2.09. The number of benzene rings is 2. The molecule has 0 saturated carbocycles. The number of halogens is 1. The van der Waals surface area contributed by atoms with Gasteiger partial charge >= 0.3 is 0 Å². The molecule has 0 bridgehead atoms. The normalized spacial score (nSPS) is 22.4. The summed E-state index contributed by atoms with van der Waals surface area (Å²) in [7, 11) is -2.97. The van der Waals surface area contributed by atoms with Crippen molar-refractivity contribution in [2.75, 3.05) is 22.1 Å². The molecular formula is C19H18FN3O3S2. The molecule has 146 valence electrons. The Labute approximate surface area is 166 Å². The van der Waals surface area contributed by atoms with Crippen LogP contribution in [0.1, 0.15) is 15.9 Å².